The minimum Gasteiger partial charge on any atom is -0.369 e. The van der Waals surface area contributed by atoms with E-state index in [-0.39, 0.29) is 18.5 Å². The van der Waals surface area contributed by atoms with Crippen molar-refractivity contribution in [2.45, 2.75) is 25.8 Å². The maximum atomic E-state index is 11.2. The molecule has 0 spiro atoms. The van der Waals surface area contributed by atoms with Gasteiger partial charge in [-0.3, -0.25) is 14.7 Å². The van der Waals surface area contributed by atoms with Gasteiger partial charge in [-0.25, -0.2) is 9.97 Å². The fourth-order valence-electron chi connectivity index (χ4n) is 2.73. The lowest BCUT2D eigenvalue weighted by Crippen LogP contribution is -2.34. The Morgan fingerprint density at radius 2 is 2.27 bits per heavy atom. The van der Waals surface area contributed by atoms with Crippen LogP contribution in [0.5, 0.6) is 0 Å². The second-order valence-electron chi connectivity index (χ2n) is 5.29. The van der Waals surface area contributed by atoms with Crippen LogP contribution in [-0.4, -0.2) is 38.8 Å². The van der Waals surface area contributed by atoms with Crippen LogP contribution in [0.25, 0.3) is 0 Å². The molecule has 8 heteroatoms. The highest BCUT2D eigenvalue weighted by molar-refractivity contribution is 7.15. The molecule has 1 amide bonds. The first kappa shape index (κ1) is 14.9. The number of thiazole rings is 1. The van der Waals surface area contributed by atoms with Crippen LogP contribution in [0.4, 0.5) is 10.9 Å². The summed E-state index contributed by atoms with van der Waals surface area (Å²) in [5.74, 6) is 0.374. The average Bonchev–Trinajstić information content (AvgIpc) is 3.08. The zero-order valence-corrected chi connectivity index (χ0v) is 13.1. The Kier molecular flexibility index (Phi) is 4.30. The van der Waals surface area contributed by atoms with Gasteiger partial charge in [-0.1, -0.05) is 0 Å². The van der Waals surface area contributed by atoms with Crippen LogP contribution in [0.3, 0.4) is 0 Å². The standard InChI is InChI=1S/C14H18N6OS/c1-9-7-18-14(22-9)19-13-12(16-4-5-17-13)10-3-2-6-20(10)8-11(15)21/h4-5,7,10H,2-3,6,8H2,1H3,(H2,15,21)(H,17,18,19)/t10-/m0/s1. The molecule has 0 bridgehead atoms. The summed E-state index contributed by atoms with van der Waals surface area (Å²) in [6.07, 6.45) is 7.11. The molecule has 7 nitrogen and oxygen atoms in total. The number of nitrogens with zero attached hydrogens (tertiary/aromatic N) is 4. The van der Waals surface area contributed by atoms with E-state index in [4.69, 9.17) is 5.73 Å². The SMILES string of the molecule is Cc1cnc(Nc2nccnc2[C@@H]2CCCN2CC(N)=O)s1. The summed E-state index contributed by atoms with van der Waals surface area (Å²) in [7, 11) is 0. The lowest BCUT2D eigenvalue weighted by molar-refractivity contribution is -0.119. The third-order valence-electron chi connectivity index (χ3n) is 3.61. The van der Waals surface area contributed by atoms with E-state index in [0.717, 1.165) is 35.1 Å². The van der Waals surface area contributed by atoms with Crippen molar-refractivity contribution in [2.24, 2.45) is 5.73 Å². The largest absolute Gasteiger partial charge is 0.369 e. The predicted octanol–water partition coefficient (Wildman–Crippen LogP) is 1.61. The minimum absolute atomic E-state index is 0.0600. The predicted molar refractivity (Wildman–Crippen MR) is 84.9 cm³/mol. The van der Waals surface area contributed by atoms with E-state index in [1.807, 2.05) is 13.1 Å². The van der Waals surface area contributed by atoms with Gasteiger partial charge in [-0.2, -0.15) is 0 Å². The van der Waals surface area contributed by atoms with Gasteiger partial charge in [0.25, 0.3) is 0 Å². The van der Waals surface area contributed by atoms with Crippen LogP contribution in [0, 0.1) is 6.92 Å². The number of hydrogen-bond acceptors (Lipinski definition) is 7. The molecule has 1 fully saturated rings. The van der Waals surface area contributed by atoms with Crippen LogP contribution >= 0.6 is 11.3 Å². The number of aromatic nitrogens is 3. The molecule has 3 N–H and O–H groups in total. The molecule has 0 aliphatic carbocycles. The first-order valence-electron chi connectivity index (χ1n) is 7.16. The number of rotatable bonds is 5. The van der Waals surface area contributed by atoms with E-state index < -0.39 is 0 Å². The zero-order valence-electron chi connectivity index (χ0n) is 12.3. The summed E-state index contributed by atoms with van der Waals surface area (Å²) in [5, 5.41) is 4.03. The van der Waals surface area contributed by atoms with Crippen molar-refractivity contribution < 1.29 is 4.79 Å². The van der Waals surface area contributed by atoms with Crippen LogP contribution in [-0.2, 0) is 4.79 Å². The van der Waals surface area contributed by atoms with Crippen LogP contribution in [0.1, 0.15) is 29.5 Å². The second kappa shape index (κ2) is 6.37. The molecule has 0 saturated carbocycles. The molecule has 22 heavy (non-hydrogen) atoms. The summed E-state index contributed by atoms with van der Waals surface area (Å²) >= 11 is 1.57. The number of nitrogens with two attached hydrogens (primary N) is 1. The smallest absolute Gasteiger partial charge is 0.231 e. The fraction of sp³-hybridized carbons (Fsp3) is 0.429. The number of likely N-dealkylation sites (tertiary alicyclic amines) is 1. The molecule has 3 rings (SSSR count). The molecule has 0 aromatic carbocycles. The first-order valence-corrected chi connectivity index (χ1v) is 7.98. The highest BCUT2D eigenvalue weighted by Crippen LogP contribution is 2.34. The molecule has 1 aliphatic rings. The molecular weight excluding hydrogens is 300 g/mol. The lowest BCUT2D eigenvalue weighted by atomic mass is 10.1. The Bertz CT molecular complexity index is 673. The highest BCUT2D eigenvalue weighted by atomic mass is 32.1. The topological polar surface area (TPSA) is 97.0 Å². The monoisotopic (exact) mass is 318 g/mol. The molecule has 116 valence electrons. The molecule has 1 atom stereocenters. The number of primary amides is 1. The second-order valence-corrected chi connectivity index (χ2v) is 6.52. The van der Waals surface area contributed by atoms with Gasteiger partial charge in [0.15, 0.2) is 10.9 Å². The van der Waals surface area contributed by atoms with Gasteiger partial charge in [-0.05, 0) is 26.3 Å². The van der Waals surface area contributed by atoms with Crippen molar-refractivity contribution in [2.75, 3.05) is 18.4 Å². The van der Waals surface area contributed by atoms with Crippen LogP contribution in [0.15, 0.2) is 18.6 Å². The molecule has 1 aliphatic heterocycles. The van der Waals surface area contributed by atoms with Crippen molar-refractivity contribution in [3.8, 4) is 0 Å². The van der Waals surface area contributed by atoms with E-state index in [1.54, 1.807) is 23.7 Å². The first-order chi connectivity index (χ1) is 10.6. The number of nitrogens with one attached hydrogen (secondary N) is 1. The van der Waals surface area contributed by atoms with E-state index in [2.05, 4.69) is 25.2 Å². The average molecular weight is 318 g/mol. The van der Waals surface area contributed by atoms with Gasteiger partial charge in [0, 0.05) is 23.5 Å². The number of hydrogen-bond donors (Lipinski definition) is 2. The Morgan fingerprint density at radius 3 is 3.00 bits per heavy atom. The Labute approximate surface area is 132 Å². The van der Waals surface area contributed by atoms with Gasteiger partial charge >= 0.3 is 0 Å². The summed E-state index contributed by atoms with van der Waals surface area (Å²) in [4.78, 5) is 27.6. The van der Waals surface area contributed by atoms with Gasteiger partial charge in [0.05, 0.1) is 12.6 Å². The molecule has 2 aromatic rings. The number of amides is 1. The highest BCUT2D eigenvalue weighted by Gasteiger charge is 2.30. The summed E-state index contributed by atoms with van der Waals surface area (Å²) in [6.45, 7) is 3.10. The van der Waals surface area contributed by atoms with Crippen molar-refractivity contribution in [3.63, 3.8) is 0 Å². The number of carbonyl (C=O) groups excluding carboxylic acids is 1. The molecule has 3 heterocycles. The van der Waals surface area contributed by atoms with Crippen LogP contribution < -0.4 is 11.1 Å². The molecule has 1 saturated heterocycles. The maximum absolute atomic E-state index is 11.2. The third kappa shape index (κ3) is 3.23. The Balaban J connectivity index is 1.85. The summed E-state index contributed by atoms with van der Waals surface area (Å²) in [5.41, 5.74) is 6.18. The van der Waals surface area contributed by atoms with Crippen molar-refractivity contribution >= 4 is 28.2 Å². The van der Waals surface area contributed by atoms with Gasteiger partial charge < -0.3 is 11.1 Å². The van der Waals surface area contributed by atoms with Gasteiger partial charge in [0.2, 0.25) is 5.91 Å². The third-order valence-corrected chi connectivity index (χ3v) is 4.44. The Hall–Kier alpha value is -2.06. The molecule has 0 radical (unpaired) electrons. The maximum Gasteiger partial charge on any atom is 0.231 e. The minimum atomic E-state index is -0.319. The van der Waals surface area contributed by atoms with E-state index in [9.17, 15) is 4.79 Å². The quantitative estimate of drug-likeness (QED) is 0.869. The molecular formula is C14H18N6OS. The summed E-state index contributed by atoms with van der Waals surface area (Å²) < 4.78 is 0. The number of aryl methyl sites for hydroxylation is 1. The lowest BCUT2D eigenvalue weighted by Gasteiger charge is -2.23. The van der Waals surface area contributed by atoms with Crippen LogP contribution in [0.2, 0.25) is 0 Å². The van der Waals surface area contributed by atoms with E-state index >= 15 is 0 Å². The number of carbonyl (C=O) groups is 1. The Morgan fingerprint density at radius 1 is 1.45 bits per heavy atom. The van der Waals surface area contributed by atoms with Gasteiger partial charge in [-0.15, -0.1) is 11.3 Å². The van der Waals surface area contributed by atoms with Crippen molar-refractivity contribution in [1.82, 2.24) is 19.9 Å². The number of anilines is 2. The van der Waals surface area contributed by atoms with Crippen molar-refractivity contribution in [3.05, 3.63) is 29.2 Å². The summed E-state index contributed by atoms with van der Waals surface area (Å²) in [6, 6.07) is 0.0600. The van der Waals surface area contributed by atoms with Gasteiger partial charge in [0.1, 0.15) is 5.69 Å². The van der Waals surface area contributed by atoms with Crippen molar-refractivity contribution in [1.29, 1.82) is 0 Å². The molecule has 2 aromatic heterocycles. The normalized spacial score (nSPS) is 18.5. The zero-order chi connectivity index (χ0) is 15.5. The van der Waals surface area contributed by atoms with E-state index in [0.29, 0.717) is 5.82 Å². The van der Waals surface area contributed by atoms with E-state index in [1.165, 1.54) is 0 Å². The molecule has 0 unspecified atom stereocenters. The fourth-order valence-corrected chi connectivity index (χ4v) is 3.39.